The van der Waals surface area contributed by atoms with E-state index in [1.165, 1.54) is 11.0 Å². The van der Waals surface area contributed by atoms with Gasteiger partial charge in [0.15, 0.2) is 0 Å². The quantitative estimate of drug-likeness (QED) is 0.565. The van der Waals surface area contributed by atoms with Gasteiger partial charge in [0.05, 0.1) is 0 Å². The van der Waals surface area contributed by atoms with Gasteiger partial charge in [-0.2, -0.15) is 0 Å². The molecule has 0 spiro atoms. The van der Waals surface area contributed by atoms with Gasteiger partial charge in [-0.3, -0.25) is 4.79 Å². The lowest BCUT2D eigenvalue weighted by molar-refractivity contribution is -0.123. The van der Waals surface area contributed by atoms with Crippen LogP contribution in [0.25, 0.3) is 0 Å². The molecule has 0 aromatic carbocycles. The lowest BCUT2D eigenvalue weighted by Gasteiger charge is -2.04. The lowest BCUT2D eigenvalue weighted by atomic mass is 10.4. The smallest absolute Gasteiger partial charge is 0.245 e. The minimum atomic E-state index is -0.0477. The van der Waals surface area contributed by atoms with E-state index >= 15 is 0 Å². The Morgan fingerprint density at radius 1 is 1.60 bits per heavy atom. The molecule has 1 amide bonds. The van der Waals surface area contributed by atoms with Crippen LogP contribution in [0.15, 0.2) is 12.2 Å². The Bertz CT molecular complexity index is 130. The highest BCUT2D eigenvalue weighted by atomic mass is 16.2. The minimum Gasteiger partial charge on any atom is -0.396 e. The molecule has 0 heterocycles. The van der Waals surface area contributed by atoms with E-state index in [2.05, 4.69) is 0 Å². The molecule has 10 heavy (non-hydrogen) atoms. The molecule has 0 atom stereocenters. The highest BCUT2D eigenvalue weighted by Crippen LogP contribution is 1.84. The maximum absolute atomic E-state index is 10.8. The second kappa shape index (κ2) is 4.99. The Hall–Kier alpha value is -0.830. The first-order valence-corrected chi connectivity index (χ1v) is 3.17. The van der Waals surface area contributed by atoms with Crippen molar-refractivity contribution in [1.82, 2.24) is 4.90 Å². The van der Waals surface area contributed by atoms with Crippen LogP contribution < -0.4 is 0 Å². The Kier molecular flexibility index (Phi) is 4.58. The monoisotopic (exact) mass is 143 g/mol. The highest BCUT2D eigenvalue weighted by molar-refractivity contribution is 5.86. The van der Waals surface area contributed by atoms with Crippen LogP contribution in [-0.2, 0) is 4.79 Å². The zero-order valence-corrected chi connectivity index (χ0v) is 6.37. The molecule has 0 saturated carbocycles. The largest absolute Gasteiger partial charge is 0.396 e. The number of hydrogen-bond acceptors (Lipinski definition) is 2. The fourth-order valence-electron chi connectivity index (χ4n) is 0.408. The van der Waals surface area contributed by atoms with Crippen LogP contribution in [0.3, 0.4) is 0 Å². The summed E-state index contributed by atoms with van der Waals surface area (Å²) in [4.78, 5) is 12.3. The van der Waals surface area contributed by atoms with E-state index in [0.717, 1.165) is 0 Å². The maximum Gasteiger partial charge on any atom is 0.245 e. The fourth-order valence-corrected chi connectivity index (χ4v) is 0.408. The van der Waals surface area contributed by atoms with Crippen LogP contribution in [0.1, 0.15) is 6.42 Å². The normalized spacial score (nSPS) is 10.3. The number of nitrogens with zero attached hydrogens (tertiary/aromatic N) is 1. The first kappa shape index (κ1) is 9.17. The topological polar surface area (TPSA) is 40.5 Å². The molecule has 58 valence electrons. The summed E-state index contributed by atoms with van der Waals surface area (Å²) < 4.78 is 0. The van der Waals surface area contributed by atoms with Gasteiger partial charge in [0.1, 0.15) is 0 Å². The summed E-state index contributed by atoms with van der Waals surface area (Å²) in [6.45, 7) is 0.0945. The van der Waals surface area contributed by atoms with E-state index in [9.17, 15) is 4.79 Å². The number of aliphatic hydroxyl groups excluding tert-OH is 1. The number of carbonyl (C=O) groups is 1. The molecule has 0 aliphatic carbocycles. The van der Waals surface area contributed by atoms with Crippen molar-refractivity contribution in [2.24, 2.45) is 0 Å². The minimum absolute atomic E-state index is 0.0477. The second-order valence-corrected chi connectivity index (χ2v) is 2.15. The average molecular weight is 143 g/mol. The highest BCUT2D eigenvalue weighted by Gasteiger charge is 1.94. The molecule has 1 N–H and O–H groups in total. The summed E-state index contributed by atoms with van der Waals surface area (Å²) in [6.07, 6.45) is 3.65. The number of amides is 1. The van der Waals surface area contributed by atoms with Gasteiger partial charge in [-0.15, -0.1) is 0 Å². The van der Waals surface area contributed by atoms with Crippen LogP contribution in [0, 0.1) is 0 Å². The molecule has 0 aromatic rings. The molecule has 3 heteroatoms. The molecule has 0 saturated heterocycles. The van der Waals surface area contributed by atoms with Crippen molar-refractivity contribution in [2.45, 2.75) is 6.42 Å². The molecule has 0 rings (SSSR count). The number of aliphatic hydroxyl groups is 1. The molecule has 0 aromatic heterocycles. The van der Waals surface area contributed by atoms with Crippen molar-refractivity contribution in [3.8, 4) is 0 Å². The molecule has 0 aliphatic heterocycles. The van der Waals surface area contributed by atoms with Crippen molar-refractivity contribution in [1.29, 1.82) is 0 Å². The van der Waals surface area contributed by atoms with Gasteiger partial charge in [0.25, 0.3) is 0 Å². The van der Waals surface area contributed by atoms with Crippen LogP contribution >= 0.6 is 0 Å². The Balaban J connectivity index is 3.56. The van der Waals surface area contributed by atoms with Gasteiger partial charge in [0.2, 0.25) is 5.91 Å². The van der Waals surface area contributed by atoms with Gasteiger partial charge >= 0.3 is 0 Å². The third-order valence-corrected chi connectivity index (χ3v) is 0.997. The molecule has 3 nitrogen and oxygen atoms in total. The molecular weight excluding hydrogens is 130 g/mol. The molecule has 0 bridgehead atoms. The summed E-state index contributed by atoms with van der Waals surface area (Å²) in [6, 6.07) is 0. The molecule has 0 aliphatic rings. The van der Waals surface area contributed by atoms with E-state index in [0.29, 0.717) is 6.42 Å². The van der Waals surface area contributed by atoms with Gasteiger partial charge in [0, 0.05) is 20.7 Å². The van der Waals surface area contributed by atoms with E-state index in [1.807, 2.05) is 0 Å². The third kappa shape index (κ3) is 4.09. The predicted octanol–water partition coefficient (Wildman–Crippen LogP) is 0.0132. The summed E-state index contributed by atoms with van der Waals surface area (Å²) in [5, 5.41) is 8.34. The predicted molar refractivity (Wildman–Crippen MR) is 39.5 cm³/mol. The SMILES string of the molecule is CN(C)C(=O)C=CCCO. The van der Waals surface area contributed by atoms with Crippen molar-refractivity contribution >= 4 is 5.91 Å². The van der Waals surface area contributed by atoms with Crippen LogP contribution in [0.2, 0.25) is 0 Å². The molecule has 0 fully saturated rings. The zero-order valence-electron chi connectivity index (χ0n) is 6.37. The number of rotatable bonds is 3. The Morgan fingerprint density at radius 2 is 2.20 bits per heavy atom. The second-order valence-electron chi connectivity index (χ2n) is 2.15. The van der Waals surface area contributed by atoms with Crippen molar-refractivity contribution in [3.63, 3.8) is 0 Å². The van der Waals surface area contributed by atoms with E-state index in [-0.39, 0.29) is 12.5 Å². The maximum atomic E-state index is 10.8. The van der Waals surface area contributed by atoms with Crippen LogP contribution in [0.4, 0.5) is 0 Å². The van der Waals surface area contributed by atoms with Gasteiger partial charge in [-0.05, 0) is 12.5 Å². The fraction of sp³-hybridized carbons (Fsp3) is 0.571. The zero-order chi connectivity index (χ0) is 7.98. The number of hydrogen-bond donors (Lipinski definition) is 1. The van der Waals surface area contributed by atoms with E-state index in [4.69, 9.17) is 5.11 Å². The molecular formula is C7H13NO2. The van der Waals surface area contributed by atoms with Crippen LogP contribution in [0.5, 0.6) is 0 Å². The Labute approximate surface area is 61.0 Å². The van der Waals surface area contributed by atoms with Gasteiger partial charge in [-0.25, -0.2) is 0 Å². The first-order valence-electron chi connectivity index (χ1n) is 3.17. The third-order valence-electron chi connectivity index (χ3n) is 0.997. The van der Waals surface area contributed by atoms with Crippen molar-refractivity contribution in [3.05, 3.63) is 12.2 Å². The first-order chi connectivity index (χ1) is 4.68. The van der Waals surface area contributed by atoms with Crippen molar-refractivity contribution < 1.29 is 9.90 Å². The molecule has 0 radical (unpaired) electrons. The van der Waals surface area contributed by atoms with Crippen molar-refractivity contribution in [2.75, 3.05) is 20.7 Å². The lowest BCUT2D eigenvalue weighted by Crippen LogP contribution is -2.18. The summed E-state index contributed by atoms with van der Waals surface area (Å²) in [7, 11) is 3.37. The summed E-state index contributed by atoms with van der Waals surface area (Å²) in [5.74, 6) is -0.0477. The van der Waals surface area contributed by atoms with Crippen LogP contribution in [-0.4, -0.2) is 36.6 Å². The van der Waals surface area contributed by atoms with E-state index < -0.39 is 0 Å². The standard InChI is InChI=1S/C7H13NO2/c1-8(2)7(10)5-3-4-6-9/h3,5,9H,4,6H2,1-2H3. The average Bonchev–Trinajstić information content (AvgIpc) is 1.88. The Morgan fingerprint density at radius 3 is 2.60 bits per heavy atom. The molecule has 0 unspecified atom stereocenters. The summed E-state index contributed by atoms with van der Waals surface area (Å²) in [5.41, 5.74) is 0. The van der Waals surface area contributed by atoms with Gasteiger partial charge < -0.3 is 10.0 Å². The number of likely N-dealkylation sites (N-methyl/N-ethyl adjacent to an activating group) is 1. The summed E-state index contributed by atoms with van der Waals surface area (Å²) >= 11 is 0. The van der Waals surface area contributed by atoms with E-state index in [1.54, 1.807) is 20.2 Å². The number of carbonyl (C=O) groups excluding carboxylic acids is 1. The van der Waals surface area contributed by atoms with Gasteiger partial charge in [-0.1, -0.05) is 6.08 Å².